The van der Waals surface area contributed by atoms with Gasteiger partial charge in [0.2, 0.25) is 0 Å². The lowest BCUT2D eigenvalue weighted by atomic mass is 9.92. The molecule has 1 amide bonds. The Morgan fingerprint density at radius 2 is 2.05 bits per heavy atom. The molecular weight excluding hydrogens is 288 g/mol. The molecule has 0 radical (unpaired) electrons. The van der Waals surface area contributed by atoms with Crippen LogP contribution in [-0.2, 0) is 4.79 Å². The third-order valence-electron chi connectivity index (χ3n) is 3.88. The van der Waals surface area contributed by atoms with E-state index in [1.54, 1.807) is 13.0 Å². The van der Waals surface area contributed by atoms with Crippen LogP contribution in [0.2, 0.25) is 5.02 Å². The molecule has 0 aromatic heterocycles. The van der Waals surface area contributed by atoms with E-state index in [-0.39, 0.29) is 18.0 Å². The second-order valence-corrected chi connectivity index (χ2v) is 6.22. The number of benzene rings is 1. The monoisotopic (exact) mass is 310 g/mol. The maximum absolute atomic E-state index is 12.2. The number of halogens is 1. The number of hydrogen-bond acceptors (Lipinski definition) is 3. The van der Waals surface area contributed by atoms with Gasteiger partial charge >= 0.3 is 0 Å². The fourth-order valence-corrected chi connectivity index (χ4v) is 2.69. The van der Waals surface area contributed by atoms with Gasteiger partial charge in [0.25, 0.3) is 5.91 Å². The molecule has 21 heavy (non-hydrogen) atoms. The maximum atomic E-state index is 12.2. The Kier molecular flexibility index (Phi) is 5.48. The minimum atomic E-state index is -0.570. The quantitative estimate of drug-likeness (QED) is 0.899. The second kappa shape index (κ2) is 7.14. The molecule has 1 aliphatic carbocycles. The lowest BCUT2D eigenvalue weighted by Crippen LogP contribution is -2.45. The van der Waals surface area contributed by atoms with E-state index in [1.807, 2.05) is 19.1 Å². The van der Waals surface area contributed by atoms with Gasteiger partial charge in [0.15, 0.2) is 6.10 Å². The summed E-state index contributed by atoms with van der Waals surface area (Å²) in [6.45, 7) is 3.70. The van der Waals surface area contributed by atoms with Crippen molar-refractivity contribution in [3.05, 3.63) is 28.8 Å². The van der Waals surface area contributed by atoms with E-state index >= 15 is 0 Å². The maximum Gasteiger partial charge on any atom is 0.260 e. The molecule has 4 nitrogen and oxygen atoms in total. The van der Waals surface area contributed by atoms with Crippen molar-refractivity contribution in [2.24, 2.45) is 5.73 Å². The van der Waals surface area contributed by atoms with Crippen molar-refractivity contribution in [1.29, 1.82) is 0 Å². The lowest BCUT2D eigenvalue weighted by molar-refractivity contribution is -0.128. The summed E-state index contributed by atoms with van der Waals surface area (Å²) in [7, 11) is 0. The van der Waals surface area contributed by atoms with Crippen LogP contribution < -0.4 is 15.8 Å². The average Bonchev–Trinajstić information content (AvgIpc) is 2.45. The van der Waals surface area contributed by atoms with Gasteiger partial charge in [-0.05, 0) is 57.2 Å². The topological polar surface area (TPSA) is 64.3 Å². The SMILES string of the molecule is Cc1ccc(Cl)c(OC(C)C(=O)NC2CCC(N)CC2)c1. The predicted molar refractivity (Wildman–Crippen MR) is 84.7 cm³/mol. The molecule has 1 unspecified atom stereocenters. The van der Waals surface area contributed by atoms with Gasteiger partial charge in [-0.1, -0.05) is 17.7 Å². The minimum absolute atomic E-state index is 0.104. The molecule has 0 aliphatic heterocycles. The molecule has 5 heteroatoms. The van der Waals surface area contributed by atoms with E-state index in [9.17, 15) is 4.79 Å². The molecule has 3 N–H and O–H groups in total. The number of nitrogens with two attached hydrogens (primary N) is 1. The Morgan fingerprint density at radius 3 is 2.71 bits per heavy atom. The van der Waals surface area contributed by atoms with Gasteiger partial charge in [-0.15, -0.1) is 0 Å². The van der Waals surface area contributed by atoms with Crippen molar-refractivity contribution in [2.75, 3.05) is 0 Å². The number of nitrogens with one attached hydrogen (secondary N) is 1. The van der Waals surface area contributed by atoms with E-state index < -0.39 is 6.10 Å². The first-order chi connectivity index (χ1) is 9.95. The van der Waals surface area contributed by atoms with Crippen molar-refractivity contribution in [2.45, 2.75) is 57.7 Å². The zero-order valence-corrected chi connectivity index (χ0v) is 13.3. The molecule has 1 aromatic rings. The highest BCUT2D eigenvalue weighted by Gasteiger charge is 2.23. The van der Waals surface area contributed by atoms with Crippen LogP contribution in [0.25, 0.3) is 0 Å². The molecule has 0 heterocycles. The number of carbonyl (C=O) groups excluding carboxylic acids is 1. The summed E-state index contributed by atoms with van der Waals surface area (Å²) in [5.41, 5.74) is 6.91. The molecule has 0 bridgehead atoms. The number of carbonyl (C=O) groups is 1. The van der Waals surface area contributed by atoms with Crippen LogP contribution in [0.4, 0.5) is 0 Å². The van der Waals surface area contributed by atoms with Crippen molar-refractivity contribution >= 4 is 17.5 Å². The van der Waals surface area contributed by atoms with Gasteiger partial charge in [0.1, 0.15) is 5.75 Å². The van der Waals surface area contributed by atoms with E-state index in [1.165, 1.54) is 0 Å². The molecule has 1 fully saturated rings. The summed E-state index contributed by atoms with van der Waals surface area (Å²) in [6.07, 6.45) is 3.23. The zero-order valence-electron chi connectivity index (χ0n) is 12.6. The summed E-state index contributed by atoms with van der Waals surface area (Å²) in [6, 6.07) is 6.00. The van der Waals surface area contributed by atoms with Crippen LogP contribution in [0.3, 0.4) is 0 Å². The predicted octanol–water partition coefficient (Wildman–Crippen LogP) is 2.80. The van der Waals surface area contributed by atoms with Crippen LogP contribution in [0, 0.1) is 6.92 Å². The van der Waals surface area contributed by atoms with E-state index in [2.05, 4.69) is 5.32 Å². The molecule has 1 aliphatic rings. The Labute approximate surface area is 131 Å². The molecule has 0 spiro atoms. The van der Waals surface area contributed by atoms with Gasteiger partial charge in [-0.25, -0.2) is 0 Å². The largest absolute Gasteiger partial charge is 0.479 e. The lowest BCUT2D eigenvalue weighted by Gasteiger charge is -2.28. The van der Waals surface area contributed by atoms with Crippen LogP contribution in [0.1, 0.15) is 38.2 Å². The Hall–Kier alpha value is -1.26. The summed E-state index contributed by atoms with van der Waals surface area (Å²) in [5.74, 6) is 0.443. The highest BCUT2D eigenvalue weighted by molar-refractivity contribution is 6.32. The Balaban J connectivity index is 1.89. The number of hydrogen-bond donors (Lipinski definition) is 2. The van der Waals surface area contributed by atoms with Gasteiger partial charge in [-0.3, -0.25) is 4.79 Å². The Morgan fingerprint density at radius 1 is 1.38 bits per heavy atom. The summed E-state index contributed by atoms with van der Waals surface area (Å²) in [4.78, 5) is 12.2. The summed E-state index contributed by atoms with van der Waals surface area (Å²) in [5, 5.41) is 3.55. The Bertz CT molecular complexity index is 499. The summed E-state index contributed by atoms with van der Waals surface area (Å²) < 4.78 is 5.68. The normalized spacial score (nSPS) is 23.4. The van der Waals surface area contributed by atoms with E-state index in [0.717, 1.165) is 31.2 Å². The standard InChI is InChI=1S/C16H23ClN2O2/c1-10-3-8-14(17)15(9-10)21-11(2)16(20)19-13-6-4-12(18)5-7-13/h3,8-9,11-13H,4-7,18H2,1-2H3,(H,19,20). The fraction of sp³-hybridized carbons (Fsp3) is 0.562. The zero-order chi connectivity index (χ0) is 15.4. The highest BCUT2D eigenvalue weighted by Crippen LogP contribution is 2.26. The number of aryl methyl sites for hydroxylation is 1. The number of ether oxygens (including phenoxy) is 1. The van der Waals surface area contributed by atoms with Gasteiger partial charge in [0.05, 0.1) is 5.02 Å². The first-order valence-corrected chi connectivity index (χ1v) is 7.82. The molecule has 1 atom stereocenters. The average molecular weight is 311 g/mol. The van der Waals surface area contributed by atoms with Crippen LogP contribution in [0.5, 0.6) is 5.75 Å². The molecule has 1 aromatic carbocycles. The fourth-order valence-electron chi connectivity index (χ4n) is 2.53. The van der Waals surface area contributed by atoms with Crippen molar-refractivity contribution in [3.63, 3.8) is 0 Å². The first kappa shape index (κ1) is 16.1. The number of amides is 1. The molecule has 1 saturated carbocycles. The third-order valence-corrected chi connectivity index (χ3v) is 4.19. The van der Waals surface area contributed by atoms with Gasteiger partial charge in [0, 0.05) is 12.1 Å². The second-order valence-electron chi connectivity index (χ2n) is 5.81. The molecule has 116 valence electrons. The minimum Gasteiger partial charge on any atom is -0.479 e. The van der Waals surface area contributed by atoms with Gasteiger partial charge < -0.3 is 15.8 Å². The molecular formula is C16H23ClN2O2. The van der Waals surface area contributed by atoms with E-state index in [0.29, 0.717) is 10.8 Å². The smallest absolute Gasteiger partial charge is 0.260 e. The van der Waals surface area contributed by atoms with E-state index in [4.69, 9.17) is 22.1 Å². The highest BCUT2D eigenvalue weighted by atomic mass is 35.5. The molecule has 2 rings (SSSR count). The first-order valence-electron chi connectivity index (χ1n) is 7.44. The van der Waals surface area contributed by atoms with Gasteiger partial charge in [-0.2, -0.15) is 0 Å². The number of rotatable bonds is 4. The van der Waals surface area contributed by atoms with Crippen LogP contribution in [0.15, 0.2) is 18.2 Å². The van der Waals surface area contributed by atoms with Crippen LogP contribution >= 0.6 is 11.6 Å². The van der Waals surface area contributed by atoms with Crippen molar-refractivity contribution in [3.8, 4) is 5.75 Å². The van der Waals surface area contributed by atoms with Crippen molar-refractivity contribution < 1.29 is 9.53 Å². The molecule has 0 saturated heterocycles. The van der Waals surface area contributed by atoms with Crippen molar-refractivity contribution in [1.82, 2.24) is 5.32 Å². The third kappa shape index (κ3) is 4.61. The van der Waals surface area contributed by atoms with Crippen LogP contribution in [-0.4, -0.2) is 24.1 Å². The summed E-state index contributed by atoms with van der Waals surface area (Å²) >= 11 is 6.08.